The lowest BCUT2D eigenvalue weighted by atomic mass is 10.1. The number of nitrogens with one attached hydrogen (secondary N) is 1. The zero-order chi connectivity index (χ0) is 27.0. The molecule has 0 saturated heterocycles. The molecule has 0 unspecified atom stereocenters. The molecule has 0 bridgehead atoms. The van der Waals surface area contributed by atoms with Crippen molar-refractivity contribution in [2.24, 2.45) is 10.2 Å². The Morgan fingerprint density at radius 2 is 1.62 bits per heavy atom. The molecule has 0 aliphatic rings. The van der Waals surface area contributed by atoms with Gasteiger partial charge < -0.3 is 20.2 Å². The number of nitro benzene ring substituents is 1. The number of phenols is 1. The predicted molar refractivity (Wildman–Crippen MR) is 134 cm³/mol. The number of fused-ring (bicyclic) bond motifs is 1. The van der Waals surface area contributed by atoms with Crippen molar-refractivity contribution in [3.05, 3.63) is 82.9 Å². The minimum Gasteiger partial charge on any atom is -0.505 e. The van der Waals surface area contributed by atoms with E-state index >= 15 is 0 Å². The second-order valence-corrected chi connectivity index (χ2v) is 10.7. The molecule has 0 atom stereocenters. The lowest BCUT2D eigenvalue weighted by Gasteiger charge is -2.13. The molecule has 190 valence electrons. The van der Waals surface area contributed by atoms with Crippen LogP contribution in [0.15, 0.2) is 87.9 Å². The van der Waals surface area contributed by atoms with Gasteiger partial charge in [-0.2, -0.15) is 8.42 Å². The van der Waals surface area contributed by atoms with Gasteiger partial charge in [-0.1, -0.05) is 12.1 Å². The molecule has 4 aromatic rings. The normalized spacial score (nSPS) is 12.2. The van der Waals surface area contributed by atoms with Gasteiger partial charge >= 0.3 is 7.60 Å². The number of benzene rings is 4. The maximum absolute atomic E-state index is 11.6. The molecule has 0 heterocycles. The zero-order valence-electron chi connectivity index (χ0n) is 18.5. The third-order valence-corrected chi connectivity index (χ3v) is 6.99. The van der Waals surface area contributed by atoms with E-state index in [1.807, 2.05) is 0 Å². The van der Waals surface area contributed by atoms with Crippen molar-refractivity contribution in [3.63, 3.8) is 0 Å². The van der Waals surface area contributed by atoms with E-state index in [-0.39, 0.29) is 27.3 Å². The molecule has 15 heteroatoms. The van der Waals surface area contributed by atoms with Crippen molar-refractivity contribution in [2.45, 2.75) is 4.90 Å². The summed E-state index contributed by atoms with van der Waals surface area (Å²) in [5, 5.41) is 32.8. The monoisotopic (exact) mass is 544 g/mol. The van der Waals surface area contributed by atoms with Crippen LogP contribution in [0.1, 0.15) is 0 Å². The van der Waals surface area contributed by atoms with E-state index in [9.17, 15) is 42.5 Å². The molecule has 4 rings (SSSR count). The molecule has 0 fully saturated rings. The zero-order valence-corrected chi connectivity index (χ0v) is 20.2. The van der Waals surface area contributed by atoms with E-state index in [1.165, 1.54) is 54.6 Å². The van der Waals surface area contributed by atoms with E-state index in [1.54, 1.807) is 6.07 Å². The molecule has 0 aromatic heterocycles. The Morgan fingerprint density at radius 1 is 0.919 bits per heavy atom. The lowest BCUT2D eigenvalue weighted by molar-refractivity contribution is -0.384. The van der Waals surface area contributed by atoms with Crippen LogP contribution in [0.2, 0.25) is 0 Å². The van der Waals surface area contributed by atoms with Crippen molar-refractivity contribution >= 4 is 62.2 Å². The third kappa shape index (κ3) is 5.80. The van der Waals surface area contributed by atoms with E-state index in [0.29, 0.717) is 22.1 Å². The van der Waals surface area contributed by atoms with Crippen LogP contribution in [0.5, 0.6) is 5.75 Å². The Morgan fingerprint density at radius 3 is 2.22 bits per heavy atom. The van der Waals surface area contributed by atoms with Gasteiger partial charge in [0, 0.05) is 17.1 Å². The smallest absolute Gasteiger partial charge is 0.356 e. The van der Waals surface area contributed by atoms with Crippen molar-refractivity contribution in [2.75, 3.05) is 5.32 Å². The van der Waals surface area contributed by atoms with E-state index in [0.717, 1.165) is 12.1 Å². The maximum Gasteiger partial charge on any atom is 0.356 e. The number of aromatic hydroxyl groups is 1. The van der Waals surface area contributed by atoms with Crippen LogP contribution in [0.4, 0.5) is 28.4 Å². The largest absolute Gasteiger partial charge is 0.505 e. The first-order valence-corrected chi connectivity index (χ1v) is 13.2. The third-order valence-electron chi connectivity index (χ3n) is 5.17. The molecule has 0 amide bonds. The first-order valence-electron chi connectivity index (χ1n) is 10.2. The Bertz CT molecular complexity index is 1720. The van der Waals surface area contributed by atoms with Crippen molar-refractivity contribution in [3.8, 4) is 5.75 Å². The molecule has 0 spiro atoms. The molecule has 0 radical (unpaired) electrons. The maximum atomic E-state index is 11.6. The number of rotatable bonds is 7. The summed E-state index contributed by atoms with van der Waals surface area (Å²) in [7, 11) is -8.91. The molecule has 37 heavy (non-hydrogen) atoms. The second-order valence-electron chi connectivity index (χ2n) is 7.67. The van der Waals surface area contributed by atoms with Crippen LogP contribution in [-0.2, 0) is 14.7 Å². The summed E-state index contributed by atoms with van der Waals surface area (Å²) >= 11 is 0. The summed E-state index contributed by atoms with van der Waals surface area (Å²) in [6.07, 6.45) is 0. The van der Waals surface area contributed by atoms with Gasteiger partial charge in [-0.3, -0.25) is 19.2 Å². The lowest BCUT2D eigenvalue weighted by Crippen LogP contribution is -2.03. The summed E-state index contributed by atoms with van der Waals surface area (Å²) in [6, 6.07) is 15.5. The minimum absolute atomic E-state index is 0.0749. The van der Waals surface area contributed by atoms with Gasteiger partial charge in [-0.05, 0) is 53.9 Å². The highest BCUT2D eigenvalue weighted by Crippen LogP contribution is 2.40. The second kappa shape index (κ2) is 9.69. The van der Waals surface area contributed by atoms with E-state index in [2.05, 4.69) is 15.5 Å². The van der Waals surface area contributed by atoms with Crippen LogP contribution in [0.3, 0.4) is 0 Å². The van der Waals surface area contributed by atoms with Gasteiger partial charge in [0.05, 0.1) is 26.9 Å². The summed E-state index contributed by atoms with van der Waals surface area (Å²) in [6.45, 7) is 0. The minimum atomic E-state index is -4.48. The van der Waals surface area contributed by atoms with Crippen LogP contribution >= 0.6 is 7.60 Å². The summed E-state index contributed by atoms with van der Waals surface area (Å²) in [5.74, 6) is -0.491. The highest BCUT2D eigenvalue weighted by Gasteiger charge is 2.17. The quantitative estimate of drug-likeness (QED) is 0.0713. The topological polar surface area (TPSA) is 212 Å². The van der Waals surface area contributed by atoms with Gasteiger partial charge in [-0.15, -0.1) is 10.2 Å². The molecule has 5 N–H and O–H groups in total. The number of phenolic OH excluding ortho intramolecular Hbond substituents is 1. The Hall–Kier alpha value is -4.20. The number of nitrogens with zero attached hydrogens (tertiary/aromatic N) is 3. The van der Waals surface area contributed by atoms with Crippen LogP contribution in [0.25, 0.3) is 10.8 Å². The van der Waals surface area contributed by atoms with Crippen LogP contribution in [0, 0.1) is 10.1 Å². The highest BCUT2D eigenvalue weighted by atomic mass is 32.2. The summed E-state index contributed by atoms with van der Waals surface area (Å²) in [5.41, 5.74) is 0.535. The fourth-order valence-corrected chi connectivity index (χ4v) is 4.42. The van der Waals surface area contributed by atoms with Gasteiger partial charge in [-0.25, -0.2) is 0 Å². The number of nitro groups is 1. The standard InChI is InChI=1S/C22H17N4O9PS/c27-21-12-15(26(28)29)4-10-19(21)24-25-22-18-8-7-17(37(33,34)35)11-13(18)1-9-20(22)23-14-2-5-16(6-3-14)36(30,31)32/h1-12,23,27H,(H2,30,31,32)(H,33,34,35). The molecular weight excluding hydrogens is 527 g/mol. The van der Waals surface area contributed by atoms with E-state index < -0.39 is 28.4 Å². The number of hydrogen-bond donors (Lipinski definition) is 5. The Labute approximate surface area is 208 Å². The molecule has 0 aliphatic heterocycles. The molecular formula is C22H17N4O9PS. The number of hydrogen-bond acceptors (Lipinski definition) is 9. The summed E-state index contributed by atoms with van der Waals surface area (Å²) in [4.78, 5) is 28.5. The van der Waals surface area contributed by atoms with Gasteiger partial charge in [0.2, 0.25) is 0 Å². The number of anilines is 2. The molecule has 13 nitrogen and oxygen atoms in total. The Kier molecular flexibility index (Phi) is 6.78. The Balaban J connectivity index is 1.81. The summed E-state index contributed by atoms with van der Waals surface area (Å²) < 4.78 is 43.9. The van der Waals surface area contributed by atoms with Crippen molar-refractivity contribution in [1.82, 2.24) is 0 Å². The van der Waals surface area contributed by atoms with Crippen molar-refractivity contribution in [1.29, 1.82) is 0 Å². The van der Waals surface area contributed by atoms with Gasteiger partial charge in [0.25, 0.3) is 15.8 Å². The molecule has 0 saturated carbocycles. The first kappa shape index (κ1) is 25.9. The fraction of sp³-hybridized carbons (Fsp3) is 0. The number of non-ortho nitro benzene ring substituents is 1. The first-order chi connectivity index (χ1) is 17.3. The van der Waals surface area contributed by atoms with Crippen LogP contribution in [-0.4, -0.2) is 32.8 Å². The number of azo groups is 1. The van der Waals surface area contributed by atoms with Gasteiger partial charge in [0.1, 0.15) is 17.1 Å². The molecule has 0 aliphatic carbocycles. The highest BCUT2D eigenvalue weighted by molar-refractivity contribution is 7.85. The van der Waals surface area contributed by atoms with Crippen molar-refractivity contribution < 1.29 is 37.4 Å². The fourth-order valence-electron chi connectivity index (χ4n) is 3.37. The van der Waals surface area contributed by atoms with E-state index in [4.69, 9.17) is 0 Å². The van der Waals surface area contributed by atoms with Crippen LogP contribution < -0.4 is 10.6 Å². The average molecular weight is 544 g/mol. The van der Waals surface area contributed by atoms with Gasteiger partial charge in [0.15, 0.2) is 0 Å². The molecule has 4 aromatic carbocycles. The predicted octanol–water partition coefficient (Wildman–Crippen LogP) is 4.66. The average Bonchev–Trinajstić information content (AvgIpc) is 2.82. The SMILES string of the molecule is O=[N+]([O-])c1ccc(N=Nc2c(Nc3ccc(P(=O)(O)O)cc3)ccc3cc(S(=O)(=O)O)ccc23)c(O)c1.